The first kappa shape index (κ1) is 19.5. The maximum absolute atomic E-state index is 13.6. The molecule has 2 amide bonds. The summed E-state index contributed by atoms with van der Waals surface area (Å²) < 4.78 is 18.8. The highest BCUT2D eigenvalue weighted by Gasteiger charge is 2.44. The number of rotatable bonds is 5. The van der Waals surface area contributed by atoms with Gasteiger partial charge in [0.15, 0.2) is 6.61 Å². The van der Waals surface area contributed by atoms with Crippen molar-refractivity contribution in [3.8, 4) is 0 Å². The van der Waals surface area contributed by atoms with E-state index in [2.05, 4.69) is 10.9 Å². The quantitative estimate of drug-likeness (QED) is 0.613. The van der Waals surface area contributed by atoms with Crippen LogP contribution in [0, 0.1) is 5.82 Å². The first-order chi connectivity index (χ1) is 13.5. The molecular weight excluding hydrogens is 363 g/mol. The van der Waals surface area contributed by atoms with Gasteiger partial charge >= 0.3 is 5.97 Å². The zero-order chi connectivity index (χ0) is 20.0. The summed E-state index contributed by atoms with van der Waals surface area (Å²) >= 11 is 0. The van der Waals surface area contributed by atoms with E-state index in [1.54, 1.807) is 0 Å². The van der Waals surface area contributed by atoms with Crippen LogP contribution in [0.5, 0.6) is 0 Å². The fourth-order valence-corrected chi connectivity index (χ4v) is 3.49. The number of halogens is 1. The average molecular weight is 384 g/mol. The average Bonchev–Trinajstić information content (AvgIpc) is 3.22. The molecule has 0 spiro atoms. The maximum atomic E-state index is 13.6. The molecule has 2 aromatic carbocycles. The Bertz CT molecular complexity index is 864. The predicted molar refractivity (Wildman–Crippen MR) is 99.6 cm³/mol. The van der Waals surface area contributed by atoms with Gasteiger partial charge in [0.2, 0.25) is 0 Å². The molecule has 7 heteroatoms. The number of benzene rings is 2. The Kier molecular flexibility index (Phi) is 6.03. The molecule has 0 aliphatic heterocycles. The summed E-state index contributed by atoms with van der Waals surface area (Å²) in [6.07, 6.45) is 3.16. The molecule has 1 saturated carbocycles. The molecule has 2 N–H and O–H groups in total. The smallest absolute Gasteiger partial charge is 0.317 e. The van der Waals surface area contributed by atoms with E-state index in [-0.39, 0.29) is 5.56 Å². The van der Waals surface area contributed by atoms with Gasteiger partial charge in [0, 0.05) is 0 Å². The SMILES string of the molecule is O=C(COC(=O)C1(c2ccccc2)CCCC1)NNC(=O)c1ccccc1F. The number of carbonyl (C=O) groups excluding carboxylic acids is 3. The minimum atomic E-state index is -0.797. The summed E-state index contributed by atoms with van der Waals surface area (Å²) in [5.74, 6) is -2.66. The first-order valence-corrected chi connectivity index (χ1v) is 9.09. The van der Waals surface area contributed by atoms with Crippen molar-refractivity contribution >= 4 is 17.8 Å². The summed E-state index contributed by atoms with van der Waals surface area (Å²) in [5, 5.41) is 0. The standard InChI is InChI=1S/C21H21FN2O4/c22-17-11-5-4-10-16(17)19(26)24-23-18(25)14-28-20(27)21(12-6-7-13-21)15-8-2-1-3-9-15/h1-5,8-11H,6-7,12-14H2,(H,23,25)(H,24,26). The number of ether oxygens (including phenoxy) is 1. The van der Waals surface area contributed by atoms with Gasteiger partial charge in [-0.25, -0.2) is 4.39 Å². The Labute approximate surface area is 162 Å². The Morgan fingerprint density at radius 3 is 2.25 bits per heavy atom. The highest BCUT2D eigenvalue weighted by molar-refractivity contribution is 5.96. The van der Waals surface area contributed by atoms with E-state index < -0.39 is 35.6 Å². The van der Waals surface area contributed by atoms with Crippen molar-refractivity contribution in [2.75, 3.05) is 6.61 Å². The van der Waals surface area contributed by atoms with Crippen LogP contribution >= 0.6 is 0 Å². The highest BCUT2D eigenvalue weighted by atomic mass is 19.1. The van der Waals surface area contributed by atoms with Crippen LogP contribution in [0.3, 0.4) is 0 Å². The number of esters is 1. The van der Waals surface area contributed by atoms with Crippen LogP contribution in [-0.4, -0.2) is 24.4 Å². The maximum Gasteiger partial charge on any atom is 0.317 e. The minimum Gasteiger partial charge on any atom is -0.455 e. The fraction of sp³-hybridized carbons (Fsp3) is 0.286. The number of hydrogen-bond acceptors (Lipinski definition) is 4. The molecule has 146 valence electrons. The van der Waals surface area contributed by atoms with Gasteiger partial charge in [-0.3, -0.25) is 25.2 Å². The number of nitrogens with one attached hydrogen (secondary N) is 2. The molecule has 0 unspecified atom stereocenters. The fourth-order valence-electron chi connectivity index (χ4n) is 3.49. The predicted octanol–water partition coefficient (Wildman–Crippen LogP) is 2.64. The van der Waals surface area contributed by atoms with Crippen molar-refractivity contribution in [3.63, 3.8) is 0 Å². The zero-order valence-electron chi connectivity index (χ0n) is 15.2. The third kappa shape index (κ3) is 4.19. The molecular formula is C21H21FN2O4. The molecule has 3 rings (SSSR count). The molecule has 1 fully saturated rings. The zero-order valence-corrected chi connectivity index (χ0v) is 15.2. The summed E-state index contributed by atoms with van der Waals surface area (Å²) in [6, 6.07) is 14.8. The molecule has 28 heavy (non-hydrogen) atoms. The van der Waals surface area contributed by atoms with Gasteiger partial charge in [-0.15, -0.1) is 0 Å². The summed E-state index contributed by atoms with van der Waals surface area (Å²) in [5.41, 5.74) is 4.17. The lowest BCUT2D eigenvalue weighted by Crippen LogP contribution is -2.45. The number of hydrazine groups is 1. The van der Waals surface area contributed by atoms with Crippen LogP contribution in [0.15, 0.2) is 54.6 Å². The van der Waals surface area contributed by atoms with Crippen molar-refractivity contribution in [3.05, 3.63) is 71.5 Å². The van der Waals surface area contributed by atoms with Crippen molar-refractivity contribution in [2.24, 2.45) is 0 Å². The van der Waals surface area contributed by atoms with E-state index in [0.717, 1.165) is 24.5 Å². The molecule has 1 aliphatic carbocycles. The second-order valence-electron chi connectivity index (χ2n) is 6.71. The molecule has 6 nitrogen and oxygen atoms in total. The first-order valence-electron chi connectivity index (χ1n) is 9.09. The Hall–Kier alpha value is -3.22. The van der Waals surface area contributed by atoms with Crippen LogP contribution in [0.2, 0.25) is 0 Å². The third-order valence-corrected chi connectivity index (χ3v) is 4.94. The van der Waals surface area contributed by atoms with Gasteiger partial charge in [0.1, 0.15) is 5.82 Å². The monoisotopic (exact) mass is 384 g/mol. The van der Waals surface area contributed by atoms with E-state index in [4.69, 9.17) is 4.74 Å². The lowest BCUT2D eigenvalue weighted by molar-refractivity contribution is -0.154. The largest absolute Gasteiger partial charge is 0.455 e. The van der Waals surface area contributed by atoms with Gasteiger partial charge < -0.3 is 4.74 Å². The Balaban J connectivity index is 1.54. The summed E-state index contributed by atoms with van der Waals surface area (Å²) in [4.78, 5) is 36.5. The normalized spacial score (nSPS) is 14.9. The lowest BCUT2D eigenvalue weighted by atomic mass is 9.79. The molecule has 0 bridgehead atoms. The van der Waals surface area contributed by atoms with Gasteiger partial charge in [0.05, 0.1) is 11.0 Å². The lowest BCUT2D eigenvalue weighted by Gasteiger charge is -2.27. The van der Waals surface area contributed by atoms with Crippen molar-refractivity contribution in [1.29, 1.82) is 0 Å². The van der Waals surface area contributed by atoms with E-state index in [9.17, 15) is 18.8 Å². The van der Waals surface area contributed by atoms with E-state index in [1.165, 1.54) is 18.2 Å². The van der Waals surface area contributed by atoms with Gasteiger partial charge in [-0.2, -0.15) is 0 Å². The van der Waals surface area contributed by atoms with Crippen LogP contribution in [0.1, 0.15) is 41.6 Å². The molecule has 1 aliphatic rings. The van der Waals surface area contributed by atoms with Crippen LogP contribution in [0.4, 0.5) is 4.39 Å². The van der Waals surface area contributed by atoms with Crippen LogP contribution in [-0.2, 0) is 19.7 Å². The van der Waals surface area contributed by atoms with E-state index >= 15 is 0 Å². The van der Waals surface area contributed by atoms with Crippen molar-refractivity contribution in [2.45, 2.75) is 31.1 Å². The number of amides is 2. The van der Waals surface area contributed by atoms with Gasteiger partial charge in [0.25, 0.3) is 11.8 Å². The molecule has 0 radical (unpaired) electrons. The van der Waals surface area contributed by atoms with Crippen molar-refractivity contribution < 1.29 is 23.5 Å². The Morgan fingerprint density at radius 2 is 1.57 bits per heavy atom. The summed E-state index contributed by atoms with van der Waals surface area (Å²) in [6.45, 7) is -0.537. The molecule has 0 atom stereocenters. The molecule has 0 saturated heterocycles. The summed E-state index contributed by atoms with van der Waals surface area (Å²) in [7, 11) is 0. The second-order valence-corrected chi connectivity index (χ2v) is 6.71. The van der Waals surface area contributed by atoms with E-state index in [0.29, 0.717) is 12.8 Å². The second kappa shape index (κ2) is 8.65. The minimum absolute atomic E-state index is 0.200. The van der Waals surface area contributed by atoms with Gasteiger partial charge in [-0.05, 0) is 30.5 Å². The molecule has 0 heterocycles. The molecule has 2 aromatic rings. The van der Waals surface area contributed by atoms with Crippen LogP contribution in [0.25, 0.3) is 0 Å². The van der Waals surface area contributed by atoms with E-state index in [1.807, 2.05) is 30.3 Å². The van der Waals surface area contributed by atoms with Crippen LogP contribution < -0.4 is 10.9 Å². The topological polar surface area (TPSA) is 84.5 Å². The van der Waals surface area contributed by atoms with Gasteiger partial charge in [-0.1, -0.05) is 55.3 Å². The highest BCUT2D eigenvalue weighted by Crippen LogP contribution is 2.42. The number of carbonyl (C=O) groups is 3. The molecule has 0 aromatic heterocycles. The number of hydrogen-bond donors (Lipinski definition) is 2. The third-order valence-electron chi connectivity index (χ3n) is 4.94. The van der Waals surface area contributed by atoms with Crippen molar-refractivity contribution in [1.82, 2.24) is 10.9 Å². The Morgan fingerprint density at radius 1 is 0.929 bits per heavy atom.